The number of piperidine rings is 1. The third kappa shape index (κ3) is 7.75. The van der Waals surface area contributed by atoms with Crippen LogP contribution in [0.2, 0.25) is 0 Å². The molecule has 0 aromatic heterocycles. The normalized spacial score (nSPS) is 36.4. The van der Waals surface area contributed by atoms with Gasteiger partial charge in [-0.1, -0.05) is 73.1 Å². The minimum Gasteiger partial charge on any atom is -0.393 e. The first-order valence-electron chi connectivity index (χ1n) is 24.0. The lowest BCUT2D eigenvalue weighted by molar-refractivity contribution is 0.00898. The summed E-state index contributed by atoms with van der Waals surface area (Å²) in [6, 6.07) is 0.250. The van der Waals surface area contributed by atoms with Gasteiger partial charge in [-0.15, -0.1) is 0 Å². The number of nitrogens with one attached hydrogen (secondary N) is 1. The van der Waals surface area contributed by atoms with E-state index in [1.165, 1.54) is 83.5 Å². The Kier molecular flexibility index (Phi) is 9.32. The summed E-state index contributed by atoms with van der Waals surface area (Å²) in [5.74, 6) is 1.26. The fourth-order valence-electron chi connectivity index (χ4n) is 8.22. The molecule has 0 aromatic carbocycles. The van der Waals surface area contributed by atoms with Crippen molar-refractivity contribution < 1.29 is 39.8 Å². The van der Waals surface area contributed by atoms with Crippen LogP contribution < -0.4 is 11.1 Å². The van der Waals surface area contributed by atoms with Crippen molar-refractivity contribution in [3.8, 4) is 0 Å². The summed E-state index contributed by atoms with van der Waals surface area (Å²) in [4.78, 5) is 0. The topological polar surface area (TPSA) is 76.7 Å². The Bertz CT molecular complexity index is 651. The van der Waals surface area contributed by atoms with E-state index >= 15 is 0 Å². The summed E-state index contributed by atoms with van der Waals surface area (Å²) >= 11 is 0. The van der Waals surface area contributed by atoms with E-state index in [9.17, 15) is 5.11 Å². The van der Waals surface area contributed by atoms with Gasteiger partial charge < -0.3 is 25.6 Å². The number of nitrogens with two attached hydrogens (primary N) is 1. The standard InChI is InChI=1S/C12H24O.C11H20O.C9H18N2O.CH4.9H2/c1-4-12(10(2)11(3)13)8-6-5-7-9-12;1-9-10(2)12-8-11(9)6-4-3-5-7-11;1-7-8(10)9(6-12-7)2-4-11-5-3-9;;;;;;;;;;/h10-11,13H,4-9H2,1-3H3;9-10H,3-8H2,1-2H3;7-8,11H,2-6,10H2,1H3;1H4;9*1H/t10-,11+;9-,10+;7-,8+;;;;;;;;;;/m110........../s1/i;;;;8*1+1D;1+1. The predicted octanol–water partition coefficient (Wildman–Crippen LogP) is 9.31. The molecule has 4 N–H and O–H groups in total. The Morgan fingerprint density at radius 3 is 1.76 bits per heavy atom. The van der Waals surface area contributed by atoms with E-state index in [2.05, 4.69) is 39.9 Å². The first-order chi connectivity index (χ1) is 25.6. The van der Waals surface area contributed by atoms with E-state index in [1.807, 2.05) is 6.92 Å². The Balaban J connectivity index is -0.0000000834. The molecule has 0 bridgehead atoms. The third-order valence-electron chi connectivity index (χ3n) is 11.8. The molecular formula is C33H84N2O3. The zero-order valence-corrected chi connectivity index (χ0v) is 25.3. The van der Waals surface area contributed by atoms with Gasteiger partial charge >= 0.3 is 0 Å². The molecule has 5 rings (SSSR count). The van der Waals surface area contributed by atoms with Gasteiger partial charge in [0.15, 0.2) is 0 Å². The highest BCUT2D eigenvalue weighted by Gasteiger charge is 2.46. The molecule has 3 heterocycles. The lowest BCUT2D eigenvalue weighted by Gasteiger charge is -2.43. The molecule has 244 valence electrons. The highest BCUT2D eigenvalue weighted by molar-refractivity contribution is 5.00. The molecule has 0 radical (unpaired) electrons. The number of ether oxygens (including phenoxy) is 2. The van der Waals surface area contributed by atoms with E-state index in [1.54, 1.807) is 0 Å². The molecule has 2 spiro atoms. The second-order valence-corrected chi connectivity index (χ2v) is 13.7. The van der Waals surface area contributed by atoms with Crippen molar-refractivity contribution in [2.45, 2.75) is 157 Å². The fraction of sp³-hybridized carbons (Fsp3) is 1.00. The Labute approximate surface area is 262 Å². The van der Waals surface area contributed by atoms with Crippen LogP contribution >= 0.6 is 0 Å². The van der Waals surface area contributed by atoms with Crippen molar-refractivity contribution >= 4 is 0 Å². The summed E-state index contributed by atoms with van der Waals surface area (Å²) < 4.78 is 91.4. The molecule has 3 aliphatic heterocycles. The second kappa shape index (κ2) is 15.1. The molecule has 38 heavy (non-hydrogen) atoms. The monoisotopic (exact) mass is 574 g/mol. The zero-order chi connectivity index (χ0) is 43.1. The summed E-state index contributed by atoms with van der Waals surface area (Å²) in [5.41, 5.74) is 7.46. The largest absolute Gasteiger partial charge is 0.393 e. The average Bonchev–Trinajstić information content (AvgIpc) is 3.69. The number of rotatable bonds is 3. The molecular weight excluding hydrogens is 472 g/mol. The van der Waals surface area contributed by atoms with Crippen LogP contribution in [-0.4, -0.2) is 55.8 Å². The predicted molar refractivity (Wildman–Crippen MR) is 180 cm³/mol. The lowest BCUT2D eigenvalue weighted by Crippen LogP contribution is -2.49. The summed E-state index contributed by atoms with van der Waals surface area (Å²) in [7, 11) is 0. The fourth-order valence-corrected chi connectivity index (χ4v) is 8.22. The van der Waals surface area contributed by atoms with Crippen LogP contribution in [0, 0.1) is 28.1 Å². The summed E-state index contributed by atoms with van der Waals surface area (Å²) in [6.07, 6.45) is 18.1. The van der Waals surface area contributed by atoms with Gasteiger partial charge in [-0.3, -0.25) is 0 Å². The highest BCUT2D eigenvalue weighted by Crippen LogP contribution is 2.49. The number of aliphatic hydroxyl groups is 1. The maximum atomic E-state index is 9.67. The van der Waals surface area contributed by atoms with Gasteiger partial charge in [-0.05, 0) is 95.1 Å². The maximum Gasteiger partial charge on any atom is 0.0704 e. The van der Waals surface area contributed by atoms with Crippen molar-refractivity contribution in [2.24, 2.45) is 33.8 Å². The van der Waals surface area contributed by atoms with Gasteiger partial charge in [-0.2, -0.15) is 0 Å². The van der Waals surface area contributed by atoms with Crippen LogP contribution in [0.3, 0.4) is 0 Å². The van der Waals surface area contributed by atoms with E-state index in [0.717, 1.165) is 32.2 Å². The van der Waals surface area contributed by atoms with E-state index in [0.29, 0.717) is 28.3 Å². The molecule has 5 heteroatoms. The maximum absolute atomic E-state index is 9.67. The third-order valence-corrected chi connectivity index (χ3v) is 11.8. The Morgan fingerprint density at radius 2 is 1.34 bits per heavy atom. The first-order valence-corrected chi connectivity index (χ1v) is 16.0. The summed E-state index contributed by atoms with van der Waals surface area (Å²) in [6.45, 7) is 17.2. The van der Waals surface area contributed by atoms with Crippen LogP contribution in [0.25, 0.3) is 0 Å². The van der Waals surface area contributed by atoms with Gasteiger partial charge in [-0.25, -0.2) is 0 Å². The van der Waals surface area contributed by atoms with E-state index in [4.69, 9.17) is 39.0 Å². The smallest absolute Gasteiger partial charge is 0.0704 e. The van der Waals surface area contributed by atoms with E-state index < -0.39 is 0 Å². The minimum absolute atomic E-state index is 0. The molecule has 2 saturated carbocycles. The summed E-state index contributed by atoms with van der Waals surface area (Å²) in [5, 5.41) is 13.0. The SMILES string of the molecule is C.CCC1([C@H](C)[C@H](C)O)CCCCC1.C[C@@H]1OCC2(CCCCC2)[C@@H]1C.C[C@@H]1OCC2(CCNCC2)[C@@H]1N.[2HH].[2H][2H].[2H][2H].[2H][2H].[2H][2H].[2H][2H].[2H][2H].[2H][2H].[2H][2H]. The van der Waals surface area contributed by atoms with Crippen LogP contribution in [-0.2, 0) is 9.47 Å². The number of hydrogen-bond donors (Lipinski definition) is 3. The van der Waals surface area contributed by atoms with Gasteiger partial charge in [0, 0.05) is 36.6 Å². The van der Waals surface area contributed by atoms with Crippen LogP contribution in [0.5, 0.6) is 0 Å². The second-order valence-electron chi connectivity index (χ2n) is 13.7. The molecule has 5 nitrogen and oxygen atoms in total. The van der Waals surface area contributed by atoms with Crippen LogP contribution in [0.4, 0.5) is 0 Å². The van der Waals surface area contributed by atoms with Crippen molar-refractivity contribution in [2.75, 3.05) is 26.3 Å². The first kappa shape index (κ1) is 23.4. The number of hydrogen-bond acceptors (Lipinski definition) is 5. The quantitative estimate of drug-likeness (QED) is 0.313. The molecule has 5 aliphatic rings. The molecule has 0 amide bonds. The highest BCUT2D eigenvalue weighted by atomic mass is 16.5. The number of aliphatic hydroxyl groups excluding tert-OH is 1. The lowest BCUT2D eigenvalue weighted by atomic mass is 9.63. The average molecular weight is 574 g/mol. The van der Waals surface area contributed by atoms with Crippen molar-refractivity contribution in [3.05, 3.63) is 0 Å². The molecule has 3 saturated heterocycles. The zero-order valence-electron chi connectivity index (χ0n) is 41.3. The van der Waals surface area contributed by atoms with Gasteiger partial charge in [0.2, 0.25) is 0 Å². The Morgan fingerprint density at radius 1 is 0.842 bits per heavy atom. The van der Waals surface area contributed by atoms with Crippen molar-refractivity contribution in [1.29, 1.82) is 0 Å². The van der Waals surface area contributed by atoms with Crippen LogP contribution in [0.15, 0.2) is 0 Å². The van der Waals surface area contributed by atoms with E-state index in [-0.39, 0.29) is 27.1 Å². The van der Waals surface area contributed by atoms with Crippen molar-refractivity contribution in [3.63, 3.8) is 0 Å². The molecule has 0 unspecified atom stereocenters. The van der Waals surface area contributed by atoms with Gasteiger partial charge in [0.25, 0.3) is 0 Å². The molecule has 0 aromatic rings. The van der Waals surface area contributed by atoms with Gasteiger partial charge in [0.1, 0.15) is 0 Å². The minimum atomic E-state index is -0.141. The Hall–Kier alpha value is -0.200. The molecule has 5 fully saturated rings. The molecule has 2 aliphatic carbocycles. The molecule has 6 atom stereocenters. The van der Waals surface area contributed by atoms with Crippen LogP contribution in [0.1, 0.15) is 158 Å². The van der Waals surface area contributed by atoms with Gasteiger partial charge in [0.05, 0.1) is 31.5 Å². The van der Waals surface area contributed by atoms with Crippen molar-refractivity contribution in [1.82, 2.24) is 5.32 Å².